The van der Waals surface area contributed by atoms with Crippen molar-refractivity contribution in [1.29, 1.82) is 0 Å². The molecule has 0 aliphatic heterocycles. The largest absolute Gasteiger partial charge is 0.508 e. The van der Waals surface area contributed by atoms with E-state index in [1.807, 2.05) is 74.5 Å². The van der Waals surface area contributed by atoms with E-state index in [0.29, 0.717) is 46.7 Å². The maximum absolute atomic E-state index is 14.6. The van der Waals surface area contributed by atoms with Gasteiger partial charge in [0.15, 0.2) is 0 Å². The summed E-state index contributed by atoms with van der Waals surface area (Å²) in [7, 11) is 0. The monoisotopic (exact) mass is 502 g/mol. The second kappa shape index (κ2) is 9.27. The third kappa shape index (κ3) is 3.75. The fraction of sp³-hybridized carbons (Fsp3) is 0.121. The van der Waals surface area contributed by atoms with Gasteiger partial charge in [-0.1, -0.05) is 62.4 Å². The van der Waals surface area contributed by atoms with Gasteiger partial charge in [0.25, 0.3) is 0 Å². The zero-order valence-electron chi connectivity index (χ0n) is 21.1. The van der Waals surface area contributed by atoms with Crippen molar-refractivity contribution in [1.82, 2.24) is 0 Å². The molecule has 0 radical (unpaired) electrons. The maximum Gasteiger partial charge on any atom is 0.201 e. The molecule has 0 fully saturated rings. The normalized spacial score (nSPS) is 11.4. The van der Waals surface area contributed by atoms with Crippen molar-refractivity contribution >= 4 is 27.7 Å². The molecule has 5 nitrogen and oxygen atoms in total. The Kier molecular flexibility index (Phi) is 5.76. The first-order chi connectivity index (χ1) is 18.5. The van der Waals surface area contributed by atoms with Crippen molar-refractivity contribution in [3.05, 3.63) is 108 Å². The molecule has 2 aromatic heterocycles. The van der Waals surface area contributed by atoms with Crippen molar-refractivity contribution < 1.29 is 23.8 Å². The predicted molar refractivity (Wildman–Crippen MR) is 149 cm³/mol. The van der Waals surface area contributed by atoms with Crippen molar-refractivity contribution in [2.75, 3.05) is 0 Å². The highest BCUT2D eigenvalue weighted by atomic mass is 16.3. The lowest BCUT2D eigenvalue weighted by molar-refractivity contribution is 0.103. The standard InChI is InChI=1S/C33H26O5/c1-3-25-31(29-23(7-5-9-27(29)37-25)19-11-15-21(34)16-12-19)33(36)32-26(4-2)38-28-10-6-8-24(30(28)32)20-13-17-22(35)18-14-20/h5-18,34-35H,3-4H2,1-2H3. The number of furan rings is 2. The van der Waals surface area contributed by atoms with E-state index in [4.69, 9.17) is 8.83 Å². The lowest BCUT2D eigenvalue weighted by Crippen LogP contribution is -2.06. The van der Waals surface area contributed by atoms with Crippen LogP contribution < -0.4 is 0 Å². The van der Waals surface area contributed by atoms with Crippen LogP contribution in [0.2, 0.25) is 0 Å². The van der Waals surface area contributed by atoms with E-state index in [2.05, 4.69) is 0 Å². The summed E-state index contributed by atoms with van der Waals surface area (Å²) in [5.41, 5.74) is 5.82. The molecule has 38 heavy (non-hydrogen) atoms. The molecule has 6 rings (SSSR count). The molecule has 188 valence electrons. The fourth-order valence-electron chi connectivity index (χ4n) is 5.26. The number of aryl methyl sites for hydroxylation is 2. The van der Waals surface area contributed by atoms with Crippen LogP contribution in [0.4, 0.5) is 0 Å². The minimum absolute atomic E-state index is 0.145. The van der Waals surface area contributed by atoms with Gasteiger partial charge in [-0.25, -0.2) is 0 Å². The van der Waals surface area contributed by atoms with Gasteiger partial charge in [-0.15, -0.1) is 0 Å². The van der Waals surface area contributed by atoms with Crippen molar-refractivity contribution in [3.8, 4) is 33.8 Å². The van der Waals surface area contributed by atoms with Gasteiger partial charge in [-0.3, -0.25) is 4.79 Å². The molecular weight excluding hydrogens is 476 g/mol. The number of fused-ring (bicyclic) bond motifs is 2. The molecule has 6 aromatic rings. The van der Waals surface area contributed by atoms with Gasteiger partial charge in [0, 0.05) is 23.6 Å². The molecule has 0 bridgehead atoms. The minimum Gasteiger partial charge on any atom is -0.508 e. The Morgan fingerprint density at radius 3 is 1.37 bits per heavy atom. The van der Waals surface area contributed by atoms with E-state index in [-0.39, 0.29) is 17.3 Å². The Morgan fingerprint density at radius 2 is 1.00 bits per heavy atom. The summed E-state index contributed by atoms with van der Waals surface area (Å²) >= 11 is 0. The highest BCUT2D eigenvalue weighted by Gasteiger charge is 2.29. The molecule has 0 atom stereocenters. The van der Waals surface area contributed by atoms with Crippen LogP contribution in [-0.2, 0) is 12.8 Å². The molecular formula is C33H26O5. The van der Waals surface area contributed by atoms with E-state index < -0.39 is 0 Å². The highest BCUT2D eigenvalue weighted by molar-refractivity contribution is 6.25. The van der Waals surface area contributed by atoms with Crippen molar-refractivity contribution in [2.45, 2.75) is 26.7 Å². The second-order valence-electron chi connectivity index (χ2n) is 9.29. The number of benzene rings is 4. The molecule has 0 saturated carbocycles. The van der Waals surface area contributed by atoms with E-state index in [1.54, 1.807) is 24.3 Å². The fourth-order valence-corrected chi connectivity index (χ4v) is 5.26. The third-order valence-electron chi connectivity index (χ3n) is 7.03. The zero-order chi connectivity index (χ0) is 26.4. The van der Waals surface area contributed by atoms with Crippen molar-refractivity contribution in [2.24, 2.45) is 0 Å². The summed E-state index contributed by atoms with van der Waals surface area (Å²) in [6, 6.07) is 25.4. The number of carbonyl (C=O) groups is 1. The molecule has 2 N–H and O–H groups in total. The smallest absolute Gasteiger partial charge is 0.201 e. The van der Waals surface area contributed by atoms with Crippen LogP contribution in [0, 0.1) is 0 Å². The van der Waals surface area contributed by atoms with Crippen molar-refractivity contribution in [3.63, 3.8) is 0 Å². The number of hydrogen-bond acceptors (Lipinski definition) is 5. The van der Waals surface area contributed by atoms with Gasteiger partial charge in [0.2, 0.25) is 5.78 Å². The lowest BCUT2D eigenvalue weighted by atomic mass is 9.90. The Hall–Kier alpha value is -4.77. The van der Waals surface area contributed by atoms with E-state index >= 15 is 0 Å². The molecule has 5 heteroatoms. The first-order valence-electron chi connectivity index (χ1n) is 12.7. The van der Waals surface area contributed by atoms with Gasteiger partial charge in [-0.2, -0.15) is 0 Å². The Morgan fingerprint density at radius 1 is 0.605 bits per heavy atom. The van der Waals surface area contributed by atoms with Crippen LogP contribution in [0.5, 0.6) is 11.5 Å². The average molecular weight is 503 g/mol. The van der Waals surface area contributed by atoms with Crippen LogP contribution >= 0.6 is 0 Å². The molecule has 0 aliphatic rings. The quantitative estimate of drug-likeness (QED) is 0.224. The Labute approximate surface area is 219 Å². The summed E-state index contributed by atoms with van der Waals surface area (Å²) in [5, 5.41) is 21.1. The van der Waals surface area contributed by atoms with Crippen LogP contribution in [0.3, 0.4) is 0 Å². The van der Waals surface area contributed by atoms with Gasteiger partial charge in [0.05, 0.1) is 11.1 Å². The van der Waals surface area contributed by atoms with Crippen LogP contribution in [-0.4, -0.2) is 16.0 Å². The number of aromatic hydroxyl groups is 2. The summed E-state index contributed by atoms with van der Waals surface area (Å²) in [6.07, 6.45) is 1.10. The van der Waals surface area contributed by atoms with E-state index in [1.165, 1.54) is 0 Å². The van der Waals surface area contributed by atoms with Gasteiger partial charge in [-0.05, 0) is 58.7 Å². The molecule has 0 amide bonds. The summed E-state index contributed by atoms with van der Waals surface area (Å²) in [5.74, 6) is 1.45. The summed E-state index contributed by atoms with van der Waals surface area (Å²) in [4.78, 5) is 14.6. The molecule has 0 saturated heterocycles. The molecule has 4 aromatic carbocycles. The number of carbonyl (C=O) groups excluding carboxylic acids is 1. The third-order valence-corrected chi connectivity index (χ3v) is 7.03. The SMILES string of the molecule is CCc1oc2cccc(-c3ccc(O)cc3)c2c1C(=O)c1c(CC)oc2cccc(-c3ccc(O)cc3)c12. The maximum atomic E-state index is 14.6. The zero-order valence-corrected chi connectivity index (χ0v) is 21.1. The number of hydrogen-bond donors (Lipinski definition) is 2. The Balaban J connectivity index is 1.64. The van der Waals surface area contributed by atoms with Crippen LogP contribution in [0.1, 0.15) is 41.3 Å². The summed E-state index contributed by atoms with van der Waals surface area (Å²) in [6.45, 7) is 3.95. The predicted octanol–water partition coefficient (Wildman–Crippen LogP) is 8.28. The minimum atomic E-state index is -0.145. The topological polar surface area (TPSA) is 83.8 Å². The second-order valence-corrected chi connectivity index (χ2v) is 9.29. The molecule has 0 aliphatic carbocycles. The van der Waals surface area contributed by atoms with Gasteiger partial charge >= 0.3 is 0 Å². The highest BCUT2D eigenvalue weighted by Crippen LogP contribution is 2.41. The van der Waals surface area contributed by atoms with E-state index in [0.717, 1.165) is 33.0 Å². The molecule has 0 spiro atoms. The molecule has 2 heterocycles. The molecule has 0 unspecified atom stereocenters. The first kappa shape index (κ1) is 23.6. The van der Waals surface area contributed by atoms with Gasteiger partial charge < -0.3 is 19.0 Å². The van der Waals surface area contributed by atoms with Crippen LogP contribution in [0.25, 0.3) is 44.2 Å². The Bertz CT molecular complexity index is 1670. The summed E-state index contributed by atoms with van der Waals surface area (Å²) < 4.78 is 12.5. The number of phenolic OH excluding ortho intramolecular Hbond substituents is 2. The lowest BCUT2D eigenvalue weighted by Gasteiger charge is -2.09. The van der Waals surface area contributed by atoms with Gasteiger partial charge in [0.1, 0.15) is 34.2 Å². The first-order valence-corrected chi connectivity index (χ1v) is 12.7. The average Bonchev–Trinajstić information content (AvgIpc) is 3.52. The number of rotatable bonds is 6. The number of ketones is 1. The van der Waals surface area contributed by atoms with Crippen LogP contribution in [0.15, 0.2) is 93.8 Å². The van der Waals surface area contributed by atoms with E-state index in [9.17, 15) is 15.0 Å². The number of phenols is 2.